The largest absolute Gasteiger partial charge is 0.480 e. The highest BCUT2D eigenvalue weighted by atomic mass is 16.4. The van der Waals surface area contributed by atoms with E-state index in [4.69, 9.17) is 10.4 Å². The van der Waals surface area contributed by atoms with Gasteiger partial charge in [0.2, 0.25) is 5.91 Å². The highest BCUT2D eigenvalue weighted by molar-refractivity contribution is 5.92. The van der Waals surface area contributed by atoms with Crippen LogP contribution in [0.1, 0.15) is 25.8 Å². The monoisotopic (exact) mass is 275 g/mol. The molecule has 106 valence electrons. The Morgan fingerprint density at radius 2 is 2.00 bits per heavy atom. The fraction of sp³-hybridized carbons (Fsp3) is 0.357. The topological polar surface area (TPSA) is 102 Å². The zero-order valence-corrected chi connectivity index (χ0v) is 11.4. The van der Waals surface area contributed by atoms with Gasteiger partial charge in [-0.3, -0.25) is 9.59 Å². The molecular weight excluding hydrogens is 258 g/mol. The maximum atomic E-state index is 11.7. The van der Waals surface area contributed by atoms with Crippen LogP contribution in [0.3, 0.4) is 0 Å². The molecule has 1 rings (SSSR count). The molecule has 6 nitrogen and oxygen atoms in total. The molecular formula is C14H17N3O3. The van der Waals surface area contributed by atoms with Gasteiger partial charge in [0.25, 0.3) is 0 Å². The van der Waals surface area contributed by atoms with E-state index in [9.17, 15) is 9.59 Å². The molecule has 0 aliphatic rings. The number of carboxylic acid groups (broad SMARTS) is 1. The summed E-state index contributed by atoms with van der Waals surface area (Å²) in [4.78, 5) is 22.6. The lowest BCUT2D eigenvalue weighted by molar-refractivity contribution is -0.143. The molecule has 0 heterocycles. The molecule has 20 heavy (non-hydrogen) atoms. The maximum Gasteiger partial charge on any atom is 0.323 e. The Hall–Kier alpha value is -2.39. The quantitative estimate of drug-likeness (QED) is 0.727. The standard InChI is InChI=1S/C14H17N3O3/c1-14(2,13(19)20)16-8-7-12(18)17-11-6-4-3-5-10(11)9-15/h3-6,16H,7-8H2,1-2H3,(H,17,18)(H,19,20). The Labute approximate surface area is 117 Å². The molecule has 0 aliphatic heterocycles. The predicted molar refractivity (Wildman–Crippen MR) is 74.1 cm³/mol. The Balaban J connectivity index is 2.49. The minimum absolute atomic E-state index is 0.122. The van der Waals surface area contributed by atoms with Crippen LogP contribution in [-0.4, -0.2) is 29.1 Å². The fourth-order valence-electron chi connectivity index (χ4n) is 1.47. The van der Waals surface area contributed by atoms with Crippen molar-refractivity contribution in [3.63, 3.8) is 0 Å². The summed E-state index contributed by atoms with van der Waals surface area (Å²) in [5.74, 6) is -1.26. The Kier molecular flexibility index (Phi) is 5.23. The molecule has 0 unspecified atom stereocenters. The van der Waals surface area contributed by atoms with Crippen molar-refractivity contribution in [3.8, 4) is 6.07 Å². The van der Waals surface area contributed by atoms with Crippen molar-refractivity contribution in [2.24, 2.45) is 0 Å². The molecule has 0 aromatic heterocycles. The number of nitrogens with one attached hydrogen (secondary N) is 2. The zero-order chi connectivity index (χ0) is 15.2. The van der Waals surface area contributed by atoms with Crippen molar-refractivity contribution in [3.05, 3.63) is 29.8 Å². The molecule has 0 saturated carbocycles. The van der Waals surface area contributed by atoms with E-state index in [0.29, 0.717) is 11.3 Å². The number of para-hydroxylation sites is 1. The van der Waals surface area contributed by atoms with E-state index in [0.717, 1.165) is 0 Å². The molecule has 0 aliphatic carbocycles. The number of amides is 1. The van der Waals surface area contributed by atoms with Gasteiger partial charge < -0.3 is 15.7 Å². The average molecular weight is 275 g/mol. The second-order valence-corrected chi connectivity index (χ2v) is 4.81. The van der Waals surface area contributed by atoms with Crippen LogP contribution >= 0.6 is 0 Å². The molecule has 1 aromatic carbocycles. The number of rotatable bonds is 6. The number of nitrogens with zero attached hydrogens (tertiary/aromatic N) is 1. The van der Waals surface area contributed by atoms with E-state index in [1.54, 1.807) is 24.3 Å². The summed E-state index contributed by atoms with van der Waals surface area (Å²) in [5.41, 5.74) is -0.234. The third kappa shape index (κ3) is 4.37. The molecule has 0 bridgehead atoms. The Morgan fingerprint density at radius 3 is 2.60 bits per heavy atom. The lowest BCUT2D eigenvalue weighted by Gasteiger charge is -2.20. The third-order valence-corrected chi connectivity index (χ3v) is 2.78. The molecule has 6 heteroatoms. The summed E-state index contributed by atoms with van der Waals surface area (Å²) >= 11 is 0. The van der Waals surface area contributed by atoms with E-state index in [1.807, 2.05) is 6.07 Å². The number of carbonyl (C=O) groups excluding carboxylic acids is 1. The zero-order valence-electron chi connectivity index (χ0n) is 11.4. The molecule has 0 radical (unpaired) electrons. The van der Waals surface area contributed by atoms with Crippen LogP contribution in [0, 0.1) is 11.3 Å². The summed E-state index contributed by atoms with van der Waals surface area (Å²) in [6.45, 7) is 3.29. The summed E-state index contributed by atoms with van der Waals surface area (Å²) in [7, 11) is 0. The van der Waals surface area contributed by atoms with Gasteiger partial charge in [-0.2, -0.15) is 5.26 Å². The van der Waals surface area contributed by atoms with E-state index < -0.39 is 11.5 Å². The smallest absolute Gasteiger partial charge is 0.323 e. The SMILES string of the molecule is CC(C)(NCCC(=O)Nc1ccccc1C#N)C(=O)O. The number of benzene rings is 1. The van der Waals surface area contributed by atoms with Crippen molar-refractivity contribution < 1.29 is 14.7 Å². The van der Waals surface area contributed by atoms with Gasteiger partial charge in [-0.1, -0.05) is 12.1 Å². The van der Waals surface area contributed by atoms with Gasteiger partial charge in [0, 0.05) is 13.0 Å². The molecule has 1 amide bonds. The predicted octanol–water partition coefficient (Wildman–Crippen LogP) is 1.34. The van der Waals surface area contributed by atoms with Gasteiger partial charge in [-0.15, -0.1) is 0 Å². The number of carboxylic acids is 1. The average Bonchev–Trinajstić information content (AvgIpc) is 2.39. The summed E-state index contributed by atoms with van der Waals surface area (Å²) in [5, 5.41) is 23.2. The molecule has 3 N–H and O–H groups in total. The van der Waals surface area contributed by atoms with Crippen molar-refractivity contribution in [1.29, 1.82) is 5.26 Å². The van der Waals surface area contributed by atoms with Crippen molar-refractivity contribution in [2.45, 2.75) is 25.8 Å². The Bertz CT molecular complexity index is 547. The van der Waals surface area contributed by atoms with Crippen LogP contribution in [0.4, 0.5) is 5.69 Å². The van der Waals surface area contributed by atoms with Crippen LogP contribution in [-0.2, 0) is 9.59 Å². The van der Waals surface area contributed by atoms with Gasteiger partial charge in [-0.05, 0) is 26.0 Å². The lowest BCUT2D eigenvalue weighted by atomic mass is 10.1. The number of hydrogen-bond acceptors (Lipinski definition) is 4. The summed E-state index contributed by atoms with van der Waals surface area (Å²) < 4.78 is 0. The molecule has 0 spiro atoms. The number of nitriles is 1. The van der Waals surface area contributed by atoms with Gasteiger partial charge >= 0.3 is 5.97 Å². The molecule has 0 atom stereocenters. The summed E-state index contributed by atoms with van der Waals surface area (Å²) in [6, 6.07) is 8.68. The first-order valence-corrected chi connectivity index (χ1v) is 6.14. The van der Waals surface area contributed by atoms with E-state index in [2.05, 4.69) is 10.6 Å². The van der Waals surface area contributed by atoms with Crippen molar-refractivity contribution in [2.75, 3.05) is 11.9 Å². The van der Waals surface area contributed by atoms with Gasteiger partial charge in [-0.25, -0.2) is 0 Å². The number of carbonyl (C=O) groups is 2. The van der Waals surface area contributed by atoms with Gasteiger partial charge in [0.05, 0.1) is 11.3 Å². The third-order valence-electron chi connectivity index (χ3n) is 2.78. The van der Waals surface area contributed by atoms with Crippen molar-refractivity contribution >= 4 is 17.6 Å². The van der Waals surface area contributed by atoms with Crippen LogP contribution < -0.4 is 10.6 Å². The van der Waals surface area contributed by atoms with Crippen LogP contribution in [0.15, 0.2) is 24.3 Å². The first kappa shape index (κ1) is 15.7. The fourth-order valence-corrected chi connectivity index (χ4v) is 1.47. The lowest BCUT2D eigenvalue weighted by Crippen LogP contribution is -2.47. The van der Waals surface area contributed by atoms with E-state index in [-0.39, 0.29) is 18.9 Å². The number of hydrogen-bond donors (Lipinski definition) is 3. The molecule has 0 fully saturated rings. The van der Waals surface area contributed by atoms with Crippen LogP contribution in [0.5, 0.6) is 0 Å². The van der Waals surface area contributed by atoms with Gasteiger partial charge in [0.15, 0.2) is 0 Å². The molecule has 0 saturated heterocycles. The normalized spacial score (nSPS) is 10.7. The number of anilines is 1. The second kappa shape index (κ2) is 6.68. The van der Waals surface area contributed by atoms with E-state index in [1.165, 1.54) is 13.8 Å². The van der Waals surface area contributed by atoms with Crippen LogP contribution in [0.25, 0.3) is 0 Å². The first-order valence-electron chi connectivity index (χ1n) is 6.14. The van der Waals surface area contributed by atoms with Crippen LogP contribution in [0.2, 0.25) is 0 Å². The highest BCUT2D eigenvalue weighted by Gasteiger charge is 2.25. The summed E-state index contributed by atoms with van der Waals surface area (Å²) in [6.07, 6.45) is 0.122. The first-order chi connectivity index (χ1) is 9.36. The highest BCUT2D eigenvalue weighted by Crippen LogP contribution is 2.13. The maximum absolute atomic E-state index is 11.7. The second-order valence-electron chi connectivity index (χ2n) is 4.81. The molecule has 1 aromatic rings. The van der Waals surface area contributed by atoms with Crippen molar-refractivity contribution in [1.82, 2.24) is 5.32 Å². The minimum atomic E-state index is -1.08. The Morgan fingerprint density at radius 1 is 1.35 bits per heavy atom. The minimum Gasteiger partial charge on any atom is -0.480 e. The van der Waals surface area contributed by atoms with Gasteiger partial charge in [0.1, 0.15) is 11.6 Å². The van der Waals surface area contributed by atoms with E-state index >= 15 is 0 Å². The number of aliphatic carboxylic acids is 1.